The van der Waals surface area contributed by atoms with Crippen LogP contribution >= 0.6 is 0 Å². The van der Waals surface area contributed by atoms with E-state index in [1.54, 1.807) is 12.1 Å². The number of rotatable bonds is 8. The van der Waals surface area contributed by atoms with Gasteiger partial charge in [-0.3, -0.25) is 4.79 Å². The standard InChI is InChI=1S/C22H30O3/c1-6-21(5,7-2)15-22(8-3,9-4)19(23)17-14-16-12-10-11-13-18(16)25-20(17)24/h10-14H,6-9,15H2,1-5H3. The summed E-state index contributed by atoms with van der Waals surface area (Å²) in [7, 11) is 0. The fourth-order valence-electron chi connectivity index (χ4n) is 3.72. The molecule has 0 atom stereocenters. The number of hydrogen-bond acceptors (Lipinski definition) is 3. The molecule has 0 unspecified atom stereocenters. The number of fused-ring (bicyclic) bond motifs is 1. The predicted molar refractivity (Wildman–Crippen MR) is 103 cm³/mol. The van der Waals surface area contributed by atoms with E-state index in [0.29, 0.717) is 5.58 Å². The van der Waals surface area contributed by atoms with E-state index in [9.17, 15) is 9.59 Å². The minimum atomic E-state index is -0.523. The summed E-state index contributed by atoms with van der Waals surface area (Å²) in [5.74, 6) is -0.0647. The maximum atomic E-state index is 13.4. The van der Waals surface area contributed by atoms with Gasteiger partial charge >= 0.3 is 5.63 Å². The molecule has 0 bridgehead atoms. The molecular formula is C22H30O3. The molecule has 0 N–H and O–H groups in total. The Kier molecular flexibility index (Phi) is 5.87. The van der Waals surface area contributed by atoms with Crippen molar-refractivity contribution in [3.05, 3.63) is 46.3 Å². The summed E-state index contributed by atoms with van der Waals surface area (Å²) in [5, 5.41) is 0.792. The lowest BCUT2D eigenvalue weighted by molar-refractivity contribution is 0.0623. The third-order valence-electron chi connectivity index (χ3n) is 6.19. The van der Waals surface area contributed by atoms with Gasteiger partial charge < -0.3 is 4.42 Å². The molecule has 0 aliphatic rings. The summed E-state index contributed by atoms with van der Waals surface area (Å²) in [5.41, 5.74) is -0.229. The molecule has 1 aromatic heterocycles. The first kappa shape index (κ1) is 19.4. The Morgan fingerprint density at radius 2 is 1.60 bits per heavy atom. The largest absolute Gasteiger partial charge is 0.422 e. The van der Waals surface area contributed by atoms with Crippen molar-refractivity contribution in [3.8, 4) is 0 Å². The van der Waals surface area contributed by atoms with E-state index in [1.165, 1.54) is 0 Å². The lowest BCUT2D eigenvalue weighted by Gasteiger charge is -2.39. The number of carbonyl (C=O) groups excluding carboxylic acids is 1. The Bertz CT molecular complexity index is 792. The summed E-state index contributed by atoms with van der Waals surface area (Å²) in [6.45, 7) is 10.7. The van der Waals surface area contributed by atoms with E-state index in [-0.39, 0.29) is 16.8 Å². The third-order valence-corrected chi connectivity index (χ3v) is 6.19. The average molecular weight is 342 g/mol. The molecule has 0 aliphatic heterocycles. The van der Waals surface area contributed by atoms with Gasteiger partial charge in [-0.25, -0.2) is 4.79 Å². The summed E-state index contributed by atoms with van der Waals surface area (Å²) < 4.78 is 5.40. The first-order valence-corrected chi connectivity index (χ1v) is 9.42. The smallest absolute Gasteiger partial charge is 0.347 e. The predicted octanol–water partition coefficient (Wildman–Crippen LogP) is 6.00. The quantitative estimate of drug-likeness (QED) is 0.437. The topological polar surface area (TPSA) is 47.3 Å². The molecule has 3 nitrogen and oxygen atoms in total. The molecule has 0 spiro atoms. The molecule has 3 heteroatoms. The maximum absolute atomic E-state index is 13.4. The van der Waals surface area contributed by atoms with Crippen LogP contribution in [0.5, 0.6) is 0 Å². The normalized spacial score (nSPS) is 12.5. The van der Waals surface area contributed by atoms with Gasteiger partial charge in [-0.05, 0) is 36.8 Å². The summed E-state index contributed by atoms with van der Waals surface area (Å²) in [4.78, 5) is 25.9. The molecule has 25 heavy (non-hydrogen) atoms. The molecule has 0 radical (unpaired) electrons. The van der Waals surface area contributed by atoms with Gasteiger partial charge in [-0.2, -0.15) is 0 Å². The molecule has 0 saturated heterocycles. The van der Waals surface area contributed by atoms with Crippen LogP contribution in [0.3, 0.4) is 0 Å². The van der Waals surface area contributed by atoms with E-state index < -0.39 is 11.0 Å². The monoisotopic (exact) mass is 342 g/mol. The van der Waals surface area contributed by atoms with Crippen molar-refractivity contribution in [2.24, 2.45) is 10.8 Å². The van der Waals surface area contributed by atoms with E-state index in [2.05, 4.69) is 34.6 Å². The molecule has 1 aromatic carbocycles. The van der Waals surface area contributed by atoms with Crippen molar-refractivity contribution >= 4 is 16.8 Å². The molecular weight excluding hydrogens is 312 g/mol. The molecule has 0 fully saturated rings. The van der Waals surface area contributed by atoms with Crippen LogP contribution in [0.2, 0.25) is 0 Å². The van der Waals surface area contributed by atoms with Crippen molar-refractivity contribution in [1.29, 1.82) is 0 Å². The van der Waals surface area contributed by atoms with Gasteiger partial charge in [0, 0.05) is 10.8 Å². The van der Waals surface area contributed by atoms with Crippen LogP contribution in [0.15, 0.2) is 39.5 Å². The van der Waals surface area contributed by atoms with Crippen LogP contribution in [-0.4, -0.2) is 5.78 Å². The fraction of sp³-hybridized carbons (Fsp3) is 0.545. The maximum Gasteiger partial charge on any atom is 0.347 e. The summed E-state index contributed by atoms with van der Waals surface area (Å²) >= 11 is 0. The van der Waals surface area contributed by atoms with Crippen LogP contribution < -0.4 is 5.63 Å². The molecule has 136 valence electrons. The van der Waals surface area contributed by atoms with Gasteiger partial charge in [0.15, 0.2) is 5.78 Å². The summed E-state index contributed by atoms with van der Waals surface area (Å²) in [6.07, 6.45) is 4.29. The number of Topliss-reactive ketones (excluding diaryl/α,β-unsaturated/α-hetero) is 1. The van der Waals surface area contributed by atoms with Crippen LogP contribution in [0.1, 0.15) is 77.1 Å². The Labute approximate surface area is 150 Å². The van der Waals surface area contributed by atoms with E-state index in [4.69, 9.17) is 4.42 Å². The van der Waals surface area contributed by atoms with Crippen LogP contribution in [0, 0.1) is 10.8 Å². The van der Waals surface area contributed by atoms with Gasteiger partial charge in [0.2, 0.25) is 0 Å². The Morgan fingerprint density at radius 1 is 1.00 bits per heavy atom. The van der Waals surface area contributed by atoms with Crippen LogP contribution in [0.25, 0.3) is 11.0 Å². The zero-order valence-corrected chi connectivity index (χ0v) is 16.1. The Morgan fingerprint density at radius 3 is 2.16 bits per heavy atom. The van der Waals surface area contributed by atoms with Crippen molar-refractivity contribution in [1.82, 2.24) is 0 Å². The third kappa shape index (κ3) is 3.70. The first-order chi connectivity index (χ1) is 11.8. The van der Waals surface area contributed by atoms with Gasteiger partial charge in [0.1, 0.15) is 11.1 Å². The van der Waals surface area contributed by atoms with E-state index in [0.717, 1.165) is 37.5 Å². The minimum absolute atomic E-state index is 0.0647. The highest BCUT2D eigenvalue weighted by molar-refractivity contribution is 6.02. The lowest BCUT2D eigenvalue weighted by Crippen LogP contribution is -2.38. The Balaban J connectivity index is 2.54. The van der Waals surface area contributed by atoms with Crippen molar-refractivity contribution in [3.63, 3.8) is 0 Å². The van der Waals surface area contributed by atoms with Gasteiger partial charge in [0.25, 0.3) is 0 Å². The van der Waals surface area contributed by atoms with Gasteiger partial charge in [-0.1, -0.05) is 65.7 Å². The van der Waals surface area contributed by atoms with Gasteiger partial charge in [0.05, 0.1) is 0 Å². The summed E-state index contributed by atoms with van der Waals surface area (Å²) in [6, 6.07) is 9.04. The highest BCUT2D eigenvalue weighted by atomic mass is 16.4. The molecule has 0 aliphatic carbocycles. The van der Waals surface area contributed by atoms with Crippen molar-refractivity contribution in [2.75, 3.05) is 0 Å². The van der Waals surface area contributed by atoms with Gasteiger partial charge in [-0.15, -0.1) is 0 Å². The molecule has 0 amide bonds. The zero-order valence-electron chi connectivity index (χ0n) is 16.1. The second-order valence-electron chi connectivity index (χ2n) is 7.50. The first-order valence-electron chi connectivity index (χ1n) is 9.42. The molecule has 2 rings (SSSR count). The average Bonchev–Trinajstić information content (AvgIpc) is 2.65. The lowest BCUT2D eigenvalue weighted by atomic mass is 9.64. The number of carbonyl (C=O) groups is 1. The molecule has 1 heterocycles. The number of para-hydroxylation sites is 1. The molecule has 2 aromatic rings. The Hall–Kier alpha value is -1.90. The van der Waals surface area contributed by atoms with Crippen molar-refractivity contribution < 1.29 is 9.21 Å². The number of hydrogen-bond donors (Lipinski definition) is 0. The van der Waals surface area contributed by atoms with Crippen LogP contribution in [0.4, 0.5) is 0 Å². The van der Waals surface area contributed by atoms with Crippen LogP contribution in [-0.2, 0) is 0 Å². The van der Waals surface area contributed by atoms with Crippen molar-refractivity contribution in [2.45, 2.75) is 66.7 Å². The molecule has 0 saturated carbocycles. The highest BCUT2D eigenvalue weighted by Crippen LogP contribution is 2.45. The fourth-order valence-corrected chi connectivity index (χ4v) is 3.72. The number of ketones is 1. The second-order valence-corrected chi connectivity index (χ2v) is 7.50. The second kappa shape index (κ2) is 7.55. The SMILES string of the molecule is CCC(C)(CC)CC(CC)(CC)C(=O)c1cc2ccccc2oc1=O. The number of benzene rings is 1. The highest BCUT2D eigenvalue weighted by Gasteiger charge is 2.41. The minimum Gasteiger partial charge on any atom is -0.422 e. The van der Waals surface area contributed by atoms with E-state index >= 15 is 0 Å². The van der Waals surface area contributed by atoms with E-state index in [1.807, 2.05) is 18.2 Å². The zero-order chi connectivity index (χ0) is 18.7.